The Labute approximate surface area is 147 Å². The third-order valence-electron chi connectivity index (χ3n) is 3.75. The second kappa shape index (κ2) is 8.18. The molecule has 0 atom stereocenters. The molecule has 126 valence electrons. The first-order chi connectivity index (χ1) is 11.5. The molecular formula is C19H23N3OS. The van der Waals surface area contributed by atoms with Crippen molar-refractivity contribution in [2.24, 2.45) is 11.7 Å². The van der Waals surface area contributed by atoms with Gasteiger partial charge in [-0.15, -0.1) is 24.1 Å². The van der Waals surface area contributed by atoms with Crippen LogP contribution in [0, 0.1) is 18.3 Å². The Bertz CT molecular complexity index is 801. The lowest BCUT2D eigenvalue weighted by atomic mass is 10.00. The van der Waals surface area contributed by atoms with Crippen molar-refractivity contribution < 1.29 is 0 Å². The van der Waals surface area contributed by atoms with Gasteiger partial charge in [-0.2, -0.15) is 5.10 Å². The van der Waals surface area contributed by atoms with Crippen molar-refractivity contribution >= 4 is 11.8 Å². The molecule has 0 saturated carbocycles. The van der Waals surface area contributed by atoms with Gasteiger partial charge in [0.2, 0.25) is 0 Å². The second-order valence-electron chi connectivity index (χ2n) is 6.00. The summed E-state index contributed by atoms with van der Waals surface area (Å²) in [4.78, 5) is 13.9. The summed E-state index contributed by atoms with van der Waals surface area (Å²) < 4.78 is 1.52. The summed E-state index contributed by atoms with van der Waals surface area (Å²) in [5.74, 6) is 2.89. The molecule has 2 N–H and O–H groups in total. The molecule has 5 heteroatoms. The van der Waals surface area contributed by atoms with E-state index in [1.165, 1.54) is 9.58 Å². The van der Waals surface area contributed by atoms with Crippen LogP contribution in [0.15, 0.2) is 34.0 Å². The highest BCUT2D eigenvalue weighted by Gasteiger charge is 2.17. The molecule has 0 aliphatic heterocycles. The van der Waals surface area contributed by atoms with Crippen LogP contribution in [0.2, 0.25) is 0 Å². The molecule has 0 radical (unpaired) electrons. The zero-order valence-corrected chi connectivity index (χ0v) is 15.2. The van der Waals surface area contributed by atoms with E-state index in [0.29, 0.717) is 18.0 Å². The number of thioether (sulfide) groups is 1. The van der Waals surface area contributed by atoms with Crippen LogP contribution in [0.25, 0.3) is 11.3 Å². The van der Waals surface area contributed by atoms with Crippen molar-refractivity contribution in [3.05, 3.63) is 45.7 Å². The van der Waals surface area contributed by atoms with Crippen LogP contribution in [0.1, 0.15) is 25.0 Å². The second-order valence-corrected chi connectivity index (χ2v) is 6.88. The number of rotatable bonds is 6. The molecule has 0 fully saturated rings. The summed E-state index contributed by atoms with van der Waals surface area (Å²) in [6, 6.07) is 8.11. The van der Waals surface area contributed by atoms with E-state index in [9.17, 15) is 4.79 Å². The van der Waals surface area contributed by atoms with Crippen LogP contribution < -0.4 is 11.3 Å². The molecule has 0 bridgehead atoms. The average molecular weight is 341 g/mol. The lowest BCUT2D eigenvalue weighted by molar-refractivity contribution is 0.462. The zero-order chi connectivity index (χ0) is 17.7. The fraction of sp³-hybridized carbons (Fsp3) is 0.368. The van der Waals surface area contributed by atoms with Crippen LogP contribution in [0.5, 0.6) is 0 Å². The van der Waals surface area contributed by atoms with Crippen molar-refractivity contribution in [3.8, 4) is 23.6 Å². The fourth-order valence-corrected chi connectivity index (χ4v) is 3.02. The van der Waals surface area contributed by atoms with Crippen molar-refractivity contribution in [1.82, 2.24) is 9.78 Å². The lowest BCUT2D eigenvalue weighted by Crippen LogP contribution is -2.31. The summed E-state index contributed by atoms with van der Waals surface area (Å²) in [6.07, 6.45) is 7.77. The van der Waals surface area contributed by atoms with E-state index in [1.807, 2.05) is 30.5 Å². The van der Waals surface area contributed by atoms with Gasteiger partial charge in [-0.1, -0.05) is 26.0 Å². The number of terminal acetylenes is 1. The van der Waals surface area contributed by atoms with Gasteiger partial charge in [-0.25, -0.2) is 4.68 Å². The van der Waals surface area contributed by atoms with Gasteiger partial charge in [-0.3, -0.25) is 4.79 Å². The van der Waals surface area contributed by atoms with Crippen molar-refractivity contribution in [1.29, 1.82) is 0 Å². The van der Waals surface area contributed by atoms with E-state index in [-0.39, 0.29) is 18.5 Å². The Balaban J connectivity index is 2.69. The molecule has 0 spiro atoms. The van der Waals surface area contributed by atoms with Crippen LogP contribution >= 0.6 is 11.8 Å². The summed E-state index contributed by atoms with van der Waals surface area (Å²) in [5.41, 5.74) is 8.82. The Morgan fingerprint density at radius 2 is 1.96 bits per heavy atom. The van der Waals surface area contributed by atoms with Crippen LogP contribution in [0.3, 0.4) is 0 Å². The Morgan fingerprint density at radius 3 is 2.46 bits per heavy atom. The standard InChI is InChI=1S/C19H23N3OS/c1-5-6-16-17(11-20)18(14-7-9-15(24-4)10-8-14)21-22(19(16)23)12-13(2)3/h1,7-10,13H,6,11-12,20H2,2-4H3. The molecule has 1 aromatic heterocycles. The summed E-state index contributed by atoms with van der Waals surface area (Å²) in [7, 11) is 0. The van der Waals surface area contributed by atoms with Crippen molar-refractivity contribution in [2.45, 2.75) is 38.3 Å². The van der Waals surface area contributed by atoms with Crippen LogP contribution in [-0.2, 0) is 19.5 Å². The van der Waals surface area contributed by atoms with Gasteiger partial charge in [0, 0.05) is 41.1 Å². The molecule has 0 aliphatic rings. The maximum atomic E-state index is 12.7. The Hall–Kier alpha value is -2.03. The molecule has 1 heterocycles. The predicted octanol–water partition coefficient (Wildman–Crippen LogP) is 2.92. The molecule has 0 aliphatic carbocycles. The van der Waals surface area contributed by atoms with E-state index in [1.54, 1.807) is 11.8 Å². The third kappa shape index (κ3) is 3.89. The van der Waals surface area contributed by atoms with E-state index < -0.39 is 0 Å². The molecule has 0 amide bonds. The van der Waals surface area contributed by atoms with Gasteiger partial charge >= 0.3 is 0 Å². The third-order valence-corrected chi connectivity index (χ3v) is 4.49. The maximum absolute atomic E-state index is 12.7. The van der Waals surface area contributed by atoms with E-state index in [4.69, 9.17) is 12.2 Å². The van der Waals surface area contributed by atoms with Crippen molar-refractivity contribution in [2.75, 3.05) is 6.26 Å². The highest BCUT2D eigenvalue weighted by molar-refractivity contribution is 7.98. The lowest BCUT2D eigenvalue weighted by Gasteiger charge is -2.16. The smallest absolute Gasteiger partial charge is 0.271 e. The van der Waals surface area contributed by atoms with Gasteiger partial charge in [-0.05, 0) is 24.3 Å². The van der Waals surface area contributed by atoms with Gasteiger partial charge < -0.3 is 5.73 Å². The molecule has 4 nitrogen and oxygen atoms in total. The van der Waals surface area contributed by atoms with E-state index >= 15 is 0 Å². The van der Waals surface area contributed by atoms with Crippen molar-refractivity contribution in [3.63, 3.8) is 0 Å². The molecule has 2 aromatic rings. The number of hydrogen-bond acceptors (Lipinski definition) is 4. The zero-order valence-electron chi connectivity index (χ0n) is 14.4. The van der Waals surface area contributed by atoms with Crippen LogP contribution in [-0.4, -0.2) is 16.0 Å². The molecule has 2 rings (SSSR count). The minimum atomic E-state index is -0.133. The summed E-state index contributed by atoms with van der Waals surface area (Å²) in [5, 5.41) is 4.60. The fourth-order valence-electron chi connectivity index (χ4n) is 2.61. The quantitative estimate of drug-likeness (QED) is 0.648. The number of benzene rings is 1. The molecule has 0 saturated heterocycles. The number of nitrogens with two attached hydrogens (primary N) is 1. The van der Waals surface area contributed by atoms with Gasteiger partial charge in [0.25, 0.3) is 5.56 Å². The molecule has 24 heavy (non-hydrogen) atoms. The monoisotopic (exact) mass is 341 g/mol. The first-order valence-corrected chi connectivity index (χ1v) is 9.15. The Morgan fingerprint density at radius 1 is 1.29 bits per heavy atom. The number of hydrogen-bond donors (Lipinski definition) is 1. The summed E-state index contributed by atoms with van der Waals surface area (Å²) >= 11 is 1.68. The minimum absolute atomic E-state index is 0.133. The van der Waals surface area contributed by atoms with Gasteiger partial charge in [0.1, 0.15) is 0 Å². The predicted molar refractivity (Wildman–Crippen MR) is 101 cm³/mol. The topological polar surface area (TPSA) is 60.9 Å². The molecular weight excluding hydrogens is 318 g/mol. The highest BCUT2D eigenvalue weighted by atomic mass is 32.2. The number of aromatic nitrogens is 2. The van der Waals surface area contributed by atoms with Gasteiger partial charge in [0.05, 0.1) is 5.69 Å². The largest absolute Gasteiger partial charge is 0.326 e. The molecule has 1 aromatic carbocycles. The average Bonchev–Trinajstić information content (AvgIpc) is 2.58. The van der Waals surface area contributed by atoms with Gasteiger partial charge in [0.15, 0.2) is 0 Å². The number of nitrogens with zero attached hydrogens (tertiary/aromatic N) is 2. The summed E-state index contributed by atoms with van der Waals surface area (Å²) in [6.45, 7) is 4.90. The molecule has 0 unspecified atom stereocenters. The minimum Gasteiger partial charge on any atom is -0.326 e. The maximum Gasteiger partial charge on any atom is 0.271 e. The van der Waals surface area contributed by atoms with Crippen LogP contribution in [0.4, 0.5) is 0 Å². The van der Waals surface area contributed by atoms with E-state index in [2.05, 4.69) is 24.9 Å². The Kier molecular flexibility index (Phi) is 6.24. The highest BCUT2D eigenvalue weighted by Crippen LogP contribution is 2.25. The first kappa shape index (κ1) is 18.3. The normalized spacial score (nSPS) is 10.8. The van der Waals surface area contributed by atoms with E-state index in [0.717, 1.165) is 16.8 Å². The SMILES string of the molecule is C#CCc1c(CN)c(-c2ccc(SC)cc2)nn(CC(C)C)c1=O. The first-order valence-electron chi connectivity index (χ1n) is 7.92.